The topological polar surface area (TPSA) is 67.2 Å². The molecule has 0 spiro atoms. The maximum Gasteiger partial charge on any atom is 0.221 e. The third kappa shape index (κ3) is 4.32. The summed E-state index contributed by atoms with van der Waals surface area (Å²) < 4.78 is 0.875. The second kappa shape index (κ2) is 6.56. The Morgan fingerprint density at radius 3 is 2.76 bits per heavy atom. The lowest BCUT2D eigenvalue weighted by Gasteiger charge is -2.09. The van der Waals surface area contributed by atoms with Gasteiger partial charge in [-0.05, 0) is 34.1 Å². The van der Waals surface area contributed by atoms with Gasteiger partial charge in [0, 0.05) is 35.7 Å². The van der Waals surface area contributed by atoms with E-state index in [1.165, 1.54) is 0 Å². The number of rotatable bonds is 5. The van der Waals surface area contributed by atoms with Crippen LogP contribution in [0.4, 0.5) is 5.69 Å². The SMILES string of the molecule is CNC(=O)CCNc1ccc(C(N)=S)cc1Br. The van der Waals surface area contributed by atoms with Crippen LogP contribution in [0.5, 0.6) is 0 Å². The first-order chi connectivity index (χ1) is 8.04. The van der Waals surface area contributed by atoms with Crippen molar-refractivity contribution in [1.82, 2.24) is 5.32 Å². The van der Waals surface area contributed by atoms with Crippen molar-refractivity contribution in [3.8, 4) is 0 Å². The van der Waals surface area contributed by atoms with Gasteiger partial charge >= 0.3 is 0 Å². The number of nitrogens with two attached hydrogens (primary N) is 1. The van der Waals surface area contributed by atoms with Gasteiger partial charge < -0.3 is 16.4 Å². The van der Waals surface area contributed by atoms with E-state index in [0.29, 0.717) is 18.0 Å². The fourth-order valence-corrected chi connectivity index (χ4v) is 1.89. The second-order valence-corrected chi connectivity index (χ2v) is 4.70. The van der Waals surface area contributed by atoms with E-state index in [-0.39, 0.29) is 5.91 Å². The molecule has 0 bridgehead atoms. The van der Waals surface area contributed by atoms with Crippen LogP contribution in [0.25, 0.3) is 0 Å². The van der Waals surface area contributed by atoms with Gasteiger partial charge in [0.05, 0.1) is 0 Å². The smallest absolute Gasteiger partial charge is 0.221 e. The fraction of sp³-hybridized carbons (Fsp3) is 0.273. The molecule has 0 aromatic heterocycles. The molecule has 0 saturated carbocycles. The molecule has 92 valence electrons. The molecule has 1 aromatic carbocycles. The highest BCUT2D eigenvalue weighted by molar-refractivity contribution is 9.10. The number of anilines is 1. The van der Waals surface area contributed by atoms with Crippen LogP contribution in [-0.4, -0.2) is 24.5 Å². The fourth-order valence-electron chi connectivity index (χ4n) is 1.25. The zero-order valence-electron chi connectivity index (χ0n) is 9.42. The monoisotopic (exact) mass is 315 g/mol. The number of nitrogens with one attached hydrogen (secondary N) is 2. The first-order valence-electron chi connectivity index (χ1n) is 5.08. The van der Waals surface area contributed by atoms with Crippen molar-refractivity contribution in [2.45, 2.75) is 6.42 Å². The van der Waals surface area contributed by atoms with Crippen LogP contribution in [0.2, 0.25) is 0 Å². The highest BCUT2D eigenvalue weighted by atomic mass is 79.9. The molecule has 6 heteroatoms. The Morgan fingerprint density at radius 1 is 1.53 bits per heavy atom. The Morgan fingerprint density at radius 2 is 2.24 bits per heavy atom. The highest BCUT2D eigenvalue weighted by Crippen LogP contribution is 2.23. The predicted octanol–water partition coefficient (Wildman–Crippen LogP) is 1.63. The molecule has 1 aromatic rings. The van der Waals surface area contributed by atoms with Crippen LogP contribution in [0.3, 0.4) is 0 Å². The summed E-state index contributed by atoms with van der Waals surface area (Å²) in [4.78, 5) is 11.4. The number of benzene rings is 1. The summed E-state index contributed by atoms with van der Waals surface area (Å²) in [5, 5.41) is 5.72. The lowest BCUT2D eigenvalue weighted by atomic mass is 10.2. The molecule has 1 rings (SSSR count). The Bertz CT molecular complexity index is 437. The van der Waals surface area contributed by atoms with E-state index in [4.69, 9.17) is 18.0 Å². The summed E-state index contributed by atoms with van der Waals surface area (Å²) in [5.41, 5.74) is 7.25. The van der Waals surface area contributed by atoms with Gasteiger partial charge in [-0.25, -0.2) is 0 Å². The summed E-state index contributed by atoms with van der Waals surface area (Å²) >= 11 is 8.31. The van der Waals surface area contributed by atoms with E-state index >= 15 is 0 Å². The van der Waals surface area contributed by atoms with E-state index < -0.39 is 0 Å². The number of halogens is 1. The van der Waals surface area contributed by atoms with Gasteiger partial charge in [0.15, 0.2) is 0 Å². The Balaban J connectivity index is 2.60. The van der Waals surface area contributed by atoms with E-state index in [2.05, 4.69) is 26.6 Å². The van der Waals surface area contributed by atoms with Crippen LogP contribution in [-0.2, 0) is 4.79 Å². The van der Waals surface area contributed by atoms with Gasteiger partial charge in [-0.2, -0.15) is 0 Å². The third-order valence-corrected chi connectivity index (χ3v) is 3.09. The summed E-state index contributed by atoms with van der Waals surface area (Å²) in [6.07, 6.45) is 0.431. The number of thiocarbonyl (C=S) groups is 1. The van der Waals surface area contributed by atoms with Gasteiger partial charge in [-0.1, -0.05) is 12.2 Å². The molecular weight excluding hydrogens is 302 g/mol. The number of carbonyl (C=O) groups is 1. The molecule has 17 heavy (non-hydrogen) atoms. The molecule has 0 atom stereocenters. The zero-order chi connectivity index (χ0) is 12.8. The molecule has 1 amide bonds. The van der Waals surface area contributed by atoms with Crippen molar-refractivity contribution in [2.24, 2.45) is 5.73 Å². The van der Waals surface area contributed by atoms with Crippen molar-refractivity contribution in [2.75, 3.05) is 18.9 Å². The molecule has 0 aliphatic carbocycles. The maximum absolute atomic E-state index is 11.0. The van der Waals surface area contributed by atoms with Gasteiger partial charge in [-0.15, -0.1) is 0 Å². The van der Waals surface area contributed by atoms with Crippen molar-refractivity contribution in [3.63, 3.8) is 0 Å². The largest absolute Gasteiger partial charge is 0.389 e. The molecule has 0 fully saturated rings. The molecular formula is C11H14BrN3OS. The second-order valence-electron chi connectivity index (χ2n) is 3.41. The first kappa shape index (κ1) is 13.9. The summed E-state index contributed by atoms with van der Waals surface area (Å²) in [6, 6.07) is 5.57. The number of hydrogen-bond acceptors (Lipinski definition) is 3. The van der Waals surface area contributed by atoms with E-state index in [1.807, 2.05) is 18.2 Å². The van der Waals surface area contributed by atoms with Crippen molar-refractivity contribution in [3.05, 3.63) is 28.2 Å². The molecule has 4 N–H and O–H groups in total. The molecule has 0 saturated heterocycles. The molecule has 0 aliphatic rings. The van der Waals surface area contributed by atoms with Gasteiger partial charge in [0.2, 0.25) is 5.91 Å². The maximum atomic E-state index is 11.0. The average Bonchev–Trinajstić information content (AvgIpc) is 2.30. The van der Waals surface area contributed by atoms with Crippen LogP contribution in [0.15, 0.2) is 22.7 Å². The Hall–Kier alpha value is -1.14. The highest BCUT2D eigenvalue weighted by Gasteiger charge is 2.03. The third-order valence-electron chi connectivity index (χ3n) is 2.20. The van der Waals surface area contributed by atoms with Crippen molar-refractivity contribution < 1.29 is 4.79 Å². The van der Waals surface area contributed by atoms with Gasteiger partial charge in [0.1, 0.15) is 4.99 Å². The van der Waals surface area contributed by atoms with E-state index in [1.54, 1.807) is 7.05 Å². The molecule has 0 unspecified atom stereocenters. The van der Waals surface area contributed by atoms with E-state index in [0.717, 1.165) is 15.7 Å². The Labute approximate surface area is 114 Å². The van der Waals surface area contributed by atoms with Crippen molar-refractivity contribution in [1.29, 1.82) is 0 Å². The molecule has 0 radical (unpaired) electrons. The minimum absolute atomic E-state index is 0.00776. The average molecular weight is 316 g/mol. The first-order valence-corrected chi connectivity index (χ1v) is 6.28. The standard InChI is InChI=1S/C11H14BrN3OS/c1-14-10(16)4-5-15-9-3-2-7(11(13)17)6-8(9)12/h2-3,6,15H,4-5H2,1H3,(H2,13,17)(H,14,16). The Kier molecular flexibility index (Phi) is 5.37. The quantitative estimate of drug-likeness (QED) is 0.723. The minimum atomic E-state index is 0.00776. The normalized spacial score (nSPS) is 9.76. The van der Waals surface area contributed by atoms with Crippen molar-refractivity contribution >= 4 is 44.7 Å². The number of amides is 1. The lowest BCUT2D eigenvalue weighted by Crippen LogP contribution is -2.20. The zero-order valence-corrected chi connectivity index (χ0v) is 11.8. The number of hydrogen-bond donors (Lipinski definition) is 3. The van der Waals surface area contributed by atoms with Crippen LogP contribution >= 0.6 is 28.1 Å². The summed E-state index contributed by atoms with van der Waals surface area (Å²) in [5.74, 6) is 0.00776. The van der Waals surface area contributed by atoms with Crippen LogP contribution < -0.4 is 16.4 Å². The number of carbonyl (C=O) groups excluding carboxylic acids is 1. The van der Waals surface area contributed by atoms with Gasteiger partial charge in [0.25, 0.3) is 0 Å². The summed E-state index contributed by atoms with van der Waals surface area (Å²) in [7, 11) is 1.62. The van der Waals surface area contributed by atoms with Crippen LogP contribution in [0, 0.1) is 0 Å². The molecule has 4 nitrogen and oxygen atoms in total. The predicted molar refractivity (Wildman–Crippen MR) is 77.2 cm³/mol. The van der Waals surface area contributed by atoms with Gasteiger partial charge in [-0.3, -0.25) is 4.79 Å². The summed E-state index contributed by atoms with van der Waals surface area (Å²) in [6.45, 7) is 0.574. The molecule has 0 aliphatic heterocycles. The van der Waals surface area contributed by atoms with E-state index in [9.17, 15) is 4.79 Å². The lowest BCUT2D eigenvalue weighted by molar-refractivity contribution is -0.120. The van der Waals surface area contributed by atoms with Crippen LogP contribution in [0.1, 0.15) is 12.0 Å². The molecule has 0 heterocycles. The minimum Gasteiger partial charge on any atom is -0.389 e.